The van der Waals surface area contributed by atoms with Gasteiger partial charge in [-0.15, -0.1) is 0 Å². The van der Waals surface area contributed by atoms with Crippen LogP contribution >= 0.6 is 11.3 Å². The first-order valence-corrected chi connectivity index (χ1v) is 9.04. The van der Waals surface area contributed by atoms with Crippen molar-refractivity contribution in [2.24, 2.45) is 0 Å². The van der Waals surface area contributed by atoms with E-state index in [0.29, 0.717) is 18.2 Å². The van der Waals surface area contributed by atoms with Gasteiger partial charge in [0.15, 0.2) is 0 Å². The Hall–Kier alpha value is -0.460. The second kappa shape index (κ2) is 6.34. The minimum absolute atomic E-state index is 0.399. The molecular weight excluding hydrogens is 284 g/mol. The number of morpholine rings is 1. The van der Waals surface area contributed by atoms with Gasteiger partial charge in [0.05, 0.1) is 25.4 Å². The van der Waals surface area contributed by atoms with E-state index in [2.05, 4.69) is 26.6 Å². The number of nitrogens with zero attached hydrogens (tertiary/aromatic N) is 2. The summed E-state index contributed by atoms with van der Waals surface area (Å²) < 4.78 is 11.7. The quantitative estimate of drug-likeness (QED) is 0.850. The summed E-state index contributed by atoms with van der Waals surface area (Å²) in [6, 6.07) is 3.41. The molecule has 21 heavy (non-hydrogen) atoms. The third-order valence-electron chi connectivity index (χ3n) is 5.08. The summed E-state index contributed by atoms with van der Waals surface area (Å²) in [5.41, 5.74) is 1.45. The molecule has 3 fully saturated rings. The van der Waals surface area contributed by atoms with Crippen molar-refractivity contribution in [3.8, 4) is 0 Å². The maximum absolute atomic E-state index is 6.20. The molecule has 4 rings (SSSR count). The van der Waals surface area contributed by atoms with Gasteiger partial charge in [-0.25, -0.2) is 0 Å². The molecule has 0 aromatic carbocycles. The van der Waals surface area contributed by atoms with Crippen LogP contribution in [0.4, 0.5) is 0 Å². The Morgan fingerprint density at radius 1 is 1.19 bits per heavy atom. The van der Waals surface area contributed by atoms with Crippen molar-refractivity contribution >= 4 is 11.3 Å². The maximum Gasteiger partial charge on any atom is 0.0897 e. The molecule has 3 atom stereocenters. The average molecular weight is 308 g/mol. The van der Waals surface area contributed by atoms with Gasteiger partial charge in [-0.1, -0.05) is 0 Å². The van der Waals surface area contributed by atoms with Gasteiger partial charge in [0.2, 0.25) is 0 Å². The van der Waals surface area contributed by atoms with Crippen LogP contribution in [0.3, 0.4) is 0 Å². The standard InChI is InChI=1S/C16H24N2O2S/c1-2-14-16(20-6-1)15(17-4-7-19-8-5-17)11-18(14)10-13-3-9-21-12-13/h3,9,12,14-16H,1-2,4-8,10-11H2/t14-,15-,16+/m0/s1. The largest absolute Gasteiger partial charge is 0.379 e. The number of ether oxygens (including phenoxy) is 2. The molecule has 0 bridgehead atoms. The molecule has 0 radical (unpaired) electrons. The van der Waals surface area contributed by atoms with Gasteiger partial charge in [0.1, 0.15) is 0 Å². The summed E-state index contributed by atoms with van der Waals surface area (Å²) in [5.74, 6) is 0. The van der Waals surface area contributed by atoms with E-state index in [-0.39, 0.29) is 0 Å². The Balaban J connectivity index is 1.49. The highest BCUT2D eigenvalue weighted by atomic mass is 32.1. The normalized spacial score (nSPS) is 35.0. The molecule has 5 heteroatoms. The van der Waals surface area contributed by atoms with E-state index in [1.165, 1.54) is 18.4 Å². The zero-order valence-corrected chi connectivity index (χ0v) is 13.3. The Morgan fingerprint density at radius 2 is 2.10 bits per heavy atom. The second-order valence-electron chi connectivity index (χ2n) is 6.32. The zero-order chi connectivity index (χ0) is 14.1. The maximum atomic E-state index is 6.20. The Morgan fingerprint density at radius 3 is 2.90 bits per heavy atom. The fraction of sp³-hybridized carbons (Fsp3) is 0.750. The van der Waals surface area contributed by atoms with E-state index in [1.807, 2.05) is 0 Å². The van der Waals surface area contributed by atoms with E-state index in [0.717, 1.165) is 46.0 Å². The summed E-state index contributed by atoms with van der Waals surface area (Å²) in [6.07, 6.45) is 2.89. The third kappa shape index (κ3) is 2.90. The number of thiophene rings is 1. The summed E-state index contributed by atoms with van der Waals surface area (Å²) >= 11 is 1.80. The molecule has 0 spiro atoms. The van der Waals surface area contributed by atoms with Crippen LogP contribution in [0.1, 0.15) is 18.4 Å². The minimum Gasteiger partial charge on any atom is -0.379 e. The molecule has 3 aliphatic heterocycles. The van der Waals surface area contributed by atoms with Crippen LogP contribution in [0, 0.1) is 0 Å². The van der Waals surface area contributed by atoms with Crippen molar-refractivity contribution in [1.82, 2.24) is 9.80 Å². The van der Waals surface area contributed by atoms with Gasteiger partial charge in [0.25, 0.3) is 0 Å². The van der Waals surface area contributed by atoms with E-state index >= 15 is 0 Å². The Kier molecular flexibility index (Phi) is 4.27. The van der Waals surface area contributed by atoms with Gasteiger partial charge in [-0.3, -0.25) is 9.80 Å². The molecule has 3 saturated heterocycles. The van der Waals surface area contributed by atoms with Crippen molar-refractivity contribution in [2.45, 2.75) is 37.6 Å². The molecule has 4 nitrogen and oxygen atoms in total. The highest BCUT2D eigenvalue weighted by Crippen LogP contribution is 2.33. The number of rotatable bonds is 3. The SMILES string of the molecule is c1cc(CN2C[C@H](N3CCOCC3)[C@@H]3OCCC[C@@H]32)cs1. The van der Waals surface area contributed by atoms with Crippen LogP contribution in [-0.4, -0.2) is 67.4 Å². The van der Waals surface area contributed by atoms with Crippen LogP contribution in [-0.2, 0) is 16.0 Å². The molecule has 4 heterocycles. The van der Waals surface area contributed by atoms with E-state index in [1.54, 1.807) is 11.3 Å². The summed E-state index contributed by atoms with van der Waals surface area (Å²) in [4.78, 5) is 5.26. The van der Waals surface area contributed by atoms with Crippen molar-refractivity contribution in [3.63, 3.8) is 0 Å². The first-order valence-electron chi connectivity index (χ1n) is 8.10. The van der Waals surface area contributed by atoms with Gasteiger partial charge in [-0.2, -0.15) is 11.3 Å². The highest BCUT2D eigenvalue weighted by Gasteiger charge is 2.46. The van der Waals surface area contributed by atoms with E-state index < -0.39 is 0 Å². The lowest BCUT2D eigenvalue weighted by Gasteiger charge is -2.37. The second-order valence-corrected chi connectivity index (χ2v) is 7.10. The van der Waals surface area contributed by atoms with Gasteiger partial charge < -0.3 is 9.47 Å². The van der Waals surface area contributed by atoms with Crippen molar-refractivity contribution in [2.75, 3.05) is 39.5 Å². The smallest absolute Gasteiger partial charge is 0.0897 e. The van der Waals surface area contributed by atoms with Gasteiger partial charge >= 0.3 is 0 Å². The van der Waals surface area contributed by atoms with Crippen LogP contribution < -0.4 is 0 Å². The first-order chi connectivity index (χ1) is 10.4. The summed E-state index contributed by atoms with van der Waals surface area (Å²) in [7, 11) is 0. The van der Waals surface area contributed by atoms with Gasteiger partial charge in [0, 0.05) is 38.8 Å². The molecule has 0 N–H and O–H groups in total. The Labute approximate surface area is 130 Å². The van der Waals surface area contributed by atoms with E-state index in [4.69, 9.17) is 9.47 Å². The summed E-state index contributed by atoms with van der Waals surface area (Å²) in [6.45, 7) is 7.03. The fourth-order valence-electron chi connectivity index (χ4n) is 4.06. The molecule has 0 saturated carbocycles. The molecule has 1 aromatic heterocycles. The highest BCUT2D eigenvalue weighted by molar-refractivity contribution is 7.07. The van der Waals surface area contributed by atoms with E-state index in [9.17, 15) is 0 Å². The molecule has 116 valence electrons. The number of likely N-dealkylation sites (tertiary alicyclic amines) is 1. The molecule has 3 aliphatic rings. The monoisotopic (exact) mass is 308 g/mol. The molecular formula is C16H24N2O2S. The number of hydrogen-bond acceptors (Lipinski definition) is 5. The topological polar surface area (TPSA) is 24.9 Å². The predicted octanol–water partition coefficient (Wildman–Crippen LogP) is 1.81. The van der Waals surface area contributed by atoms with Gasteiger partial charge in [-0.05, 0) is 35.2 Å². The van der Waals surface area contributed by atoms with Crippen LogP contribution in [0.2, 0.25) is 0 Å². The first kappa shape index (κ1) is 14.2. The lowest BCUT2D eigenvalue weighted by molar-refractivity contribution is -0.0593. The molecule has 0 unspecified atom stereocenters. The zero-order valence-electron chi connectivity index (χ0n) is 12.4. The molecule has 0 amide bonds. The van der Waals surface area contributed by atoms with Crippen molar-refractivity contribution in [3.05, 3.63) is 22.4 Å². The van der Waals surface area contributed by atoms with Crippen LogP contribution in [0.15, 0.2) is 16.8 Å². The molecule has 1 aromatic rings. The summed E-state index contributed by atoms with van der Waals surface area (Å²) in [5, 5.41) is 4.46. The Bertz CT molecular complexity index is 447. The lowest BCUT2D eigenvalue weighted by Crippen LogP contribution is -2.51. The fourth-order valence-corrected chi connectivity index (χ4v) is 4.72. The lowest BCUT2D eigenvalue weighted by atomic mass is 10.00. The predicted molar refractivity (Wildman–Crippen MR) is 83.7 cm³/mol. The van der Waals surface area contributed by atoms with Crippen molar-refractivity contribution in [1.29, 1.82) is 0 Å². The third-order valence-corrected chi connectivity index (χ3v) is 5.82. The average Bonchev–Trinajstić information content (AvgIpc) is 3.17. The molecule has 0 aliphatic carbocycles. The number of fused-ring (bicyclic) bond motifs is 1. The number of hydrogen-bond donors (Lipinski definition) is 0. The van der Waals surface area contributed by atoms with Crippen molar-refractivity contribution < 1.29 is 9.47 Å². The minimum atomic E-state index is 0.399. The van der Waals surface area contributed by atoms with Crippen LogP contribution in [0.5, 0.6) is 0 Å². The van der Waals surface area contributed by atoms with Crippen LogP contribution in [0.25, 0.3) is 0 Å².